The van der Waals surface area contributed by atoms with Crippen molar-refractivity contribution >= 4 is 0 Å². The van der Waals surface area contributed by atoms with Crippen LogP contribution >= 0.6 is 0 Å². The Balaban J connectivity index is 1.60. The Morgan fingerprint density at radius 2 is 1.95 bits per heavy atom. The van der Waals surface area contributed by atoms with E-state index in [1.807, 2.05) is 12.1 Å². The number of hydrogen-bond donors (Lipinski definition) is 1. The third-order valence-electron chi connectivity index (χ3n) is 3.55. The molecule has 0 amide bonds. The highest BCUT2D eigenvalue weighted by molar-refractivity contribution is 5.27. The van der Waals surface area contributed by atoms with Crippen molar-refractivity contribution in [1.29, 1.82) is 0 Å². The molecule has 1 saturated carbocycles. The molecule has 0 bridgehead atoms. The number of benzene rings is 1. The second kappa shape index (κ2) is 8.28. The highest BCUT2D eigenvalue weighted by Gasteiger charge is 2.19. The predicted octanol–water partition coefficient (Wildman–Crippen LogP) is 3.52. The molecule has 1 aromatic rings. The van der Waals surface area contributed by atoms with Crippen molar-refractivity contribution in [2.45, 2.75) is 58.2 Å². The summed E-state index contributed by atoms with van der Waals surface area (Å²) in [6, 6.07) is 9.10. The SMILES string of the molecule is CCCC(C)OCCOc1ccc(CNC2CC2)cc1. The number of ether oxygens (including phenoxy) is 2. The second-order valence-electron chi connectivity index (χ2n) is 5.62. The van der Waals surface area contributed by atoms with E-state index in [4.69, 9.17) is 9.47 Å². The van der Waals surface area contributed by atoms with Gasteiger partial charge < -0.3 is 14.8 Å². The zero-order chi connectivity index (χ0) is 14.2. The van der Waals surface area contributed by atoms with Gasteiger partial charge in [-0.25, -0.2) is 0 Å². The highest BCUT2D eigenvalue weighted by atomic mass is 16.5. The van der Waals surface area contributed by atoms with Crippen LogP contribution in [0, 0.1) is 0 Å². The molecule has 1 fully saturated rings. The van der Waals surface area contributed by atoms with Crippen molar-refractivity contribution in [1.82, 2.24) is 5.32 Å². The average Bonchev–Trinajstić information content (AvgIpc) is 3.27. The molecule has 3 heteroatoms. The van der Waals surface area contributed by atoms with Gasteiger partial charge >= 0.3 is 0 Å². The first kappa shape index (κ1) is 15.3. The van der Waals surface area contributed by atoms with Gasteiger partial charge in [-0.1, -0.05) is 25.5 Å². The molecular weight excluding hydrogens is 250 g/mol. The Bertz CT molecular complexity index is 373. The molecule has 20 heavy (non-hydrogen) atoms. The summed E-state index contributed by atoms with van der Waals surface area (Å²) in [5.41, 5.74) is 1.32. The maximum absolute atomic E-state index is 5.68. The first-order chi connectivity index (χ1) is 9.78. The van der Waals surface area contributed by atoms with Crippen LogP contribution in [-0.2, 0) is 11.3 Å². The molecule has 1 N–H and O–H groups in total. The van der Waals surface area contributed by atoms with Crippen LogP contribution in [0.1, 0.15) is 45.1 Å². The van der Waals surface area contributed by atoms with Crippen molar-refractivity contribution in [3.63, 3.8) is 0 Å². The van der Waals surface area contributed by atoms with Crippen molar-refractivity contribution < 1.29 is 9.47 Å². The van der Waals surface area contributed by atoms with Crippen LogP contribution in [0.3, 0.4) is 0 Å². The monoisotopic (exact) mass is 277 g/mol. The van der Waals surface area contributed by atoms with E-state index in [2.05, 4.69) is 31.3 Å². The van der Waals surface area contributed by atoms with E-state index in [9.17, 15) is 0 Å². The minimum absolute atomic E-state index is 0.333. The summed E-state index contributed by atoms with van der Waals surface area (Å²) in [5, 5.41) is 3.51. The summed E-state index contributed by atoms with van der Waals surface area (Å²) in [5.74, 6) is 0.923. The molecule has 0 saturated heterocycles. The summed E-state index contributed by atoms with van der Waals surface area (Å²) in [4.78, 5) is 0. The third-order valence-corrected chi connectivity index (χ3v) is 3.55. The fourth-order valence-electron chi connectivity index (χ4n) is 2.15. The van der Waals surface area contributed by atoms with E-state index >= 15 is 0 Å². The molecule has 0 heterocycles. The van der Waals surface area contributed by atoms with E-state index in [0.29, 0.717) is 19.3 Å². The van der Waals surface area contributed by atoms with Crippen LogP contribution in [0.15, 0.2) is 24.3 Å². The molecule has 112 valence electrons. The summed E-state index contributed by atoms with van der Waals surface area (Å²) in [6.45, 7) is 6.53. The molecule has 3 nitrogen and oxygen atoms in total. The second-order valence-corrected chi connectivity index (χ2v) is 5.62. The lowest BCUT2D eigenvalue weighted by molar-refractivity contribution is 0.0395. The molecule has 0 aliphatic heterocycles. The lowest BCUT2D eigenvalue weighted by Gasteiger charge is -2.12. The standard InChI is InChI=1S/C17H27NO2/c1-3-4-14(2)19-11-12-20-17-9-5-15(6-10-17)13-18-16-7-8-16/h5-6,9-10,14,16,18H,3-4,7-8,11-13H2,1-2H3. The van der Waals surface area contributed by atoms with Crippen LogP contribution in [-0.4, -0.2) is 25.4 Å². The third kappa shape index (κ3) is 5.93. The van der Waals surface area contributed by atoms with Gasteiger partial charge in [-0.2, -0.15) is 0 Å². The number of rotatable bonds is 10. The van der Waals surface area contributed by atoms with Crippen LogP contribution in [0.4, 0.5) is 0 Å². The zero-order valence-electron chi connectivity index (χ0n) is 12.7. The van der Waals surface area contributed by atoms with Gasteiger partial charge in [0.05, 0.1) is 12.7 Å². The molecular formula is C17H27NO2. The van der Waals surface area contributed by atoms with Crippen molar-refractivity contribution in [2.75, 3.05) is 13.2 Å². The Morgan fingerprint density at radius 3 is 2.60 bits per heavy atom. The number of hydrogen-bond acceptors (Lipinski definition) is 3. The van der Waals surface area contributed by atoms with E-state index in [-0.39, 0.29) is 0 Å². The van der Waals surface area contributed by atoms with Gasteiger partial charge in [-0.05, 0) is 43.9 Å². The Kier molecular flexibility index (Phi) is 6.34. The van der Waals surface area contributed by atoms with E-state index in [0.717, 1.165) is 24.8 Å². The van der Waals surface area contributed by atoms with Crippen molar-refractivity contribution in [2.24, 2.45) is 0 Å². The smallest absolute Gasteiger partial charge is 0.119 e. The van der Waals surface area contributed by atoms with Crippen molar-refractivity contribution in [3.8, 4) is 5.75 Å². The van der Waals surface area contributed by atoms with E-state index < -0.39 is 0 Å². The van der Waals surface area contributed by atoms with Crippen molar-refractivity contribution in [3.05, 3.63) is 29.8 Å². The molecule has 1 aliphatic carbocycles. The molecule has 2 rings (SSSR count). The van der Waals surface area contributed by atoms with Gasteiger partial charge in [0.1, 0.15) is 12.4 Å². The lowest BCUT2D eigenvalue weighted by Crippen LogP contribution is -2.15. The van der Waals surface area contributed by atoms with Crippen LogP contribution in [0.25, 0.3) is 0 Å². The maximum atomic E-state index is 5.68. The quantitative estimate of drug-likeness (QED) is 0.664. The predicted molar refractivity (Wildman–Crippen MR) is 82.1 cm³/mol. The minimum Gasteiger partial charge on any atom is -0.491 e. The molecule has 1 atom stereocenters. The maximum Gasteiger partial charge on any atom is 0.119 e. The minimum atomic E-state index is 0.333. The first-order valence-electron chi connectivity index (χ1n) is 7.84. The summed E-state index contributed by atoms with van der Waals surface area (Å²) in [7, 11) is 0. The van der Waals surface area contributed by atoms with Gasteiger partial charge in [0.2, 0.25) is 0 Å². The van der Waals surface area contributed by atoms with Gasteiger partial charge in [-0.15, -0.1) is 0 Å². The molecule has 1 unspecified atom stereocenters. The number of nitrogens with one attached hydrogen (secondary N) is 1. The molecule has 0 radical (unpaired) electrons. The van der Waals surface area contributed by atoms with Crippen LogP contribution in [0.2, 0.25) is 0 Å². The fourth-order valence-corrected chi connectivity index (χ4v) is 2.15. The summed E-state index contributed by atoms with van der Waals surface area (Å²) < 4.78 is 11.3. The highest BCUT2D eigenvalue weighted by Crippen LogP contribution is 2.19. The van der Waals surface area contributed by atoms with Gasteiger partial charge in [0.25, 0.3) is 0 Å². The molecule has 0 aromatic heterocycles. The first-order valence-corrected chi connectivity index (χ1v) is 7.84. The topological polar surface area (TPSA) is 30.5 Å². The average molecular weight is 277 g/mol. The molecule has 0 spiro atoms. The van der Waals surface area contributed by atoms with E-state index in [1.54, 1.807) is 0 Å². The molecule has 1 aliphatic rings. The van der Waals surface area contributed by atoms with Crippen LogP contribution < -0.4 is 10.1 Å². The van der Waals surface area contributed by atoms with Gasteiger partial charge in [-0.3, -0.25) is 0 Å². The summed E-state index contributed by atoms with van der Waals surface area (Å²) >= 11 is 0. The van der Waals surface area contributed by atoms with Gasteiger partial charge in [0.15, 0.2) is 0 Å². The Hall–Kier alpha value is -1.06. The largest absolute Gasteiger partial charge is 0.491 e. The summed E-state index contributed by atoms with van der Waals surface area (Å²) in [6.07, 6.45) is 5.27. The molecule has 1 aromatic carbocycles. The Labute approximate surface area is 122 Å². The lowest BCUT2D eigenvalue weighted by atomic mass is 10.2. The van der Waals surface area contributed by atoms with Crippen LogP contribution in [0.5, 0.6) is 5.75 Å². The van der Waals surface area contributed by atoms with Gasteiger partial charge in [0, 0.05) is 12.6 Å². The zero-order valence-corrected chi connectivity index (χ0v) is 12.7. The fraction of sp³-hybridized carbons (Fsp3) is 0.647. The normalized spacial score (nSPS) is 16.1. The Morgan fingerprint density at radius 1 is 1.20 bits per heavy atom. The van der Waals surface area contributed by atoms with E-state index in [1.165, 1.54) is 24.8 Å².